The molecule has 27 heavy (non-hydrogen) atoms. The number of alkyl halides is 3. The first-order chi connectivity index (χ1) is 12.8. The lowest BCUT2D eigenvalue weighted by molar-refractivity contribution is -0.274. The van der Waals surface area contributed by atoms with E-state index in [-0.39, 0.29) is 17.0 Å². The Hall–Kier alpha value is -2.11. The molecule has 0 amide bonds. The molecule has 1 aliphatic carbocycles. The molecule has 0 spiro atoms. The summed E-state index contributed by atoms with van der Waals surface area (Å²) < 4.78 is 69.7. The van der Waals surface area contributed by atoms with Crippen molar-refractivity contribution in [2.45, 2.75) is 51.3 Å². The molecule has 1 aliphatic rings. The second kappa shape index (κ2) is 7.87. The van der Waals surface area contributed by atoms with E-state index in [1.165, 1.54) is 24.3 Å². The molecule has 0 heterocycles. The quantitative estimate of drug-likeness (QED) is 0.506. The van der Waals surface area contributed by atoms with E-state index in [1.807, 2.05) is 0 Å². The van der Waals surface area contributed by atoms with E-state index in [1.54, 1.807) is 0 Å². The molecule has 0 unspecified atom stereocenters. The van der Waals surface area contributed by atoms with Crippen LogP contribution in [0.2, 0.25) is 0 Å². The standard InChI is InChI=1S/C21H21F5O/c1-2-13-3-5-14(6-4-13)16-11-18(22)20(19(23)12-16)15-7-9-17(10-8-15)27-21(24,25)26/h7-14H,2-6H2,1H3. The van der Waals surface area contributed by atoms with Crippen molar-refractivity contribution in [3.8, 4) is 16.9 Å². The second-order valence-electron chi connectivity index (χ2n) is 7.06. The molecule has 0 atom stereocenters. The van der Waals surface area contributed by atoms with Crippen LogP contribution in [0.4, 0.5) is 22.0 Å². The topological polar surface area (TPSA) is 9.23 Å². The lowest BCUT2D eigenvalue weighted by atomic mass is 9.77. The number of benzene rings is 2. The molecule has 146 valence electrons. The van der Waals surface area contributed by atoms with E-state index in [0.717, 1.165) is 44.2 Å². The van der Waals surface area contributed by atoms with Gasteiger partial charge >= 0.3 is 6.36 Å². The van der Waals surface area contributed by atoms with Crippen LogP contribution in [0.3, 0.4) is 0 Å². The van der Waals surface area contributed by atoms with Gasteiger partial charge in [0.25, 0.3) is 0 Å². The maximum Gasteiger partial charge on any atom is 0.573 e. The Balaban J connectivity index is 1.81. The summed E-state index contributed by atoms with van der Waals surface area (Å²) >= 11 is 0. The van der Waals surface area contributed by atoms with Crippen molar-refractivity contribution in [2.24, 2.45) is 5.92 Å². The van der Waals surface area contributed by atoms with Crippen LogP contribution in [-0.2, 0) is 0 Å². The molecule has 0 bridgehead atoms. The maximum absolute atomic E-state index is 14.6. The van der Waals surface area contributed by atoms with Gasteiger partial charge in [0.15, 0.2) is 0 Å². The van der Waals surface area contributed by atoms with Crippen molar-refractivity contribution < 1.29 is 26.7 Å². The molecule has 3 rings (SSSR count). The van der Waals surface area contributed by atoms with Crippen molar-refractivity contribution in [2.75, 3.05) is 0 Å². The van der Waals surface area contributed by atoms with Gasteiger partial charge in [-0.2, -0.15) is 0 Å². The maximum atomic E-state index is 14.6. The fraction of sp³-hybridized carbons (Fsp3) is 0.429. The summed E-state index contributed by atoms with van der Waals surface area (Å²) in [6.45, 7) is 2.16. The monoisotopic (exact) mass is 384 g/mol. The summed E-state index contributed by atoms with van der Waals surface area (Å²) in [7, 11) is 0. The van der Waals surface area contributed by atoms with Gasteiger partial charge in [0.2, 0.25) is 0 Å². The van der Waals surface area contributed by atoms with Crippen LogP contribution in [0.15, 0.2) is 36.4 Å². The van der Waals surface area contributed by atoms with Gasteiger partial charge in [-0.25, -0.2) is 8.78 Å². The predicted octanol–water partition coefficient (Wildman–Crippen LogP) is 7.21. The first-order valence-corrected chi connectivity index (χ1v) is 9.12. The minimum atomic E-state index is -4.81. The van der Waals surface area contributed by atoms with Gasteiger partial charge in [-0.15, -0.1) is 13.2 Å². The predicted molar refractivity (Wildman–Crippen MR) is 93.5 cm³/mol. The first kappa shape index (κ1) is 19.6. The normalized spacial score (nSPS) is 20.5. The third kappa shape index (κ3) is 4.79. The summed E-state index contributed by atoms with van der Waals surface area (Å²) in [5.74, 6) is -1.00. The second-order valence-corrected chi connectivity index (χ2v) is 7.06. The van der Waals surface area contributed by atoms with Crippen molar-refractivity contribution in [3.05, 3.63) is 53.6 Å². The summed E-state index contributed by atoms with van der Waals surface area (Å²) in [5, 5.41) is 0. The molecule has 1 saturated carbocycles. The third-order valence-corrected chi connectivity index (χ3v) is 5.34. The Bertz CT molecular complexity index is 751. The van der Waals surface area contributed by atoms with Gasteiger partial charge in [-0.3, -0.25) is 0 Å². The van der Waals surface area contributed by atoms with Crippen molar-refractivity contribution >= 4 is 0 Å². The molecule has 2 aromatic rings. The van der Waals surface area contributed by atoms with Crippen LogP contribution in [0.1, 0.15) is 50.5 Å². The minimum absolute atomic E-state index is 0.147. The molecule has 1 nitrogen and oxygen atoms in total. The van der Waals surface area contributed by atoms with E-state index < -0.39 is 23.7 Å². The van der Waals surface area contributed by atoms with Crippen molar-refractivity contribution in [3.63, 3.8) is 0 Å². The average molecular weight is 384 g/mol. The number of rotatable bonds is 4. The van der Waals surface area contributed by atoms with E-state index in [0.29, 0.717) is 11.5 Å². The van der Waals surface area contributed by atoms with Gasteiger partial charge < -0.3 is 4.74 Å². The number of hydrogen-bond acceptors (Lipinski definition) is 1. The summed E-state index contributed by atoms with van der Waals surface area (Å²) in [6, 6.07) is 7.23. The molecule has 2 aromatic carbocycles. The molecule has 6 heteroatoms. The van der Waals surface area contributed by atoms with Crippen LogP contribution in [0.25, 0.3) is 11.1 Å². The Kier molecular flexibility index (Phi) is 5.72. The van der Waals surface area contributed by atoms with E-state index in [2.05, 4.69) is 11.7 Å². The Morgan fingerprint density at radius 2 is 1.48 bits per heavy atom. The molecule has 0 saturated heterocycles. The highest BCUT2D eigenvalue weighted by atomic mass is 19.4. The molecule has 0 radical (unpaired) electrons. The molecular formula is C21H21F5O. The molecule has 0 aliphatic heterocycles. The highest BCUT2D eigenvalue weighted by Gasteiger charge is 2.31. The van der Waals surface area contributed by atoms with Crippen LogP contribution in [0, 0.1) is 17.6 Å². The van der Waals surface area contributed by atoms with Gasteiger partial charge in [-0.05, 0) is 72.9 Å². The van der Waals surface area contributed by atoms with Crippen molar-refractivity contribution in [1.82, 2.24) is 0 Å². The van der Waals surface area contributed by atoms with Gasteiger partial charge in [0.1, 0.15) is 17.4 Å². The molecule has 0 N–H and O–H groups in total. The third-order valence-electron chi connectivity index (χ3n) is 5.34. The zero-order valence-corrected chi connectivity index (χ0v) is 15.0. The van der Waals surface area contributed by atoms with Crippen LogP contribution >= 0.6 is 0 Å². The summed E-state index contributed by atoms with van der Waals surface area (Å²) in [6.07, 6.45) is 0.277. The molecular weight excluding hydrogens is 363 g/mol. The van der Waals surface area contributed by atoms with Crippen LogP contribution in [0.5, 0.6) is 5.75 Å². The minimum Gasteiger partial charge on any atom is -0.406 e. The smallest absolute Gasteiger partial charge is 0.406 e. The fourth-order valence-corrected chi connectivity index (χ4v) is 3.83. The molecule has 1 fully saturated rings. The van der Waals surface area contributed by atoms with Crippen molar-refractivity contribution in [1.29, 1.82) is 0 Å². The van der Waals surface area contributed by atoms with Crippen LogP contribution < -0.4 is 4.74 Å². The number of ether oxygens (including phenoxy) is 1. The van der Waals surface area contributed by atoms with E-state index >= 15 is 0 Å². The SMILES string of the molecule is CCC1CCC(c2cc(F)c(-c3ccc(OC(F)(F)F)cc3)c(F)c2)CC1. The lowest BCUT2D eigenvalue weighted by Crippen LogP contribution is -2.16. The molecule has 0 aromatic heterocycles. The lowest BCUT2D eigenvalue weighted by Gasteiger charge is -2.28. The van der Waals surface area contributed by atoms with Crippen LogP contribution in [-0.4, -0.2) is 6.36 Å². The van der Waals surface area contributed by atoms with E-state index in [9.17, 15) is 22.0 Å². The Morgan fingerprint density at radius 1 is 0.926 bits per heavy atom. The highest BCUT2D eigenvalue weighted by Crippen LogP contribution is 2.39. The zero-order chi connectivity index (χ0) is 19.6. The Labute approximate surface area is 155 Å². The number of halogens is 5. The number of hydrogen-bond donors (Lipinski definition) is 0. The largest absolute Gasteiger partial charge is 0.573 e. The zero-order valence-electron chi connectivity index (χ0n) is 15.0. The van der Waals surface area contributed by atoms with Gasteiger partial charge in [-0.1, -0.05) is 25.5 Å². The van der Waals surface area contributed by atoms with Gasteiger partial charge in [0, 0.05) is 0 Å². The average Bonchev–Trinajstić information content (AvgIpc) is 2.61. The summed E-state index contributed by atoms with van der Waals surface area (Å²) in [5.41, 5.74) is 0.584. The Morgan fingerprint density at radius 3 is 1.96 bits per heavy atom. The van der Waals surface area contributed by atoms with Gasteiger partial charge in [0.05, 0.1) is 5.56 Å². The first-order valence-electron chi connectivity index (χ1n) is 9.12. The highest BCUT2D eigenvalue weighted by molar-refractivity contribution is 5.66. The summed E-state index contributed by atoms with van der Waals surface area (Å²) in [4.78, 5) is 0. The fourth-order valence-electron chi connectivity index (χ4n) is 3.83. The van der Waals surface area contributed by atoms with E-state index in [4.69, 9.17) is 0 Å².